The molecule has 1 aliphatic heterocycles. The van der Waals surface area contributed by atoms with Gasteiger partial charge in [-0.25, -0.2) is 12.8 Å². The highest BCUT2D eigenvalue weighted by Crippen LogP contribution is 2.30. The minimum atomic E-state index is -3.79. The van der Waals surface area contributed by atoms with Gasteiger partial charge in [-0.05, 0) is 42.2 Å². The van der Waals surface area contributed by atoms with E-state index in [0.717, 1.165) is 23.7 Å². The first-order valence-corrected chi connectivity index (χ1v) is 10.6. The SMILES string of the molecule is CC1Cc2ccccc2N(C(=O)C(C)CS(=O)(=O)Nc2cccc(F)c2)C1. The minimum absolute atomic E-state index is 0.145. The lowest BCUT2D eigenvalue weighted by atomic mass is 9.93. The zero-order valence-corrected chi connectivity index (χ0v) is 16.2. The lowest BCUT2D eigenvalue weighted by Crippen LogP contribution is -2.43. The molecule has 0 saturated carbocycles. The van der Waals surface area contributed by atoms with Gasteiger partial charge in [-0.15, -0.1) is 0 Å². The van der Waals surface area contributed by atoms with E-state index in [1.54, 1.807) is 11.8 Å². The van der Waals surface area contributed by atoms with E-state index in [4.69, 9.17) is 0 Å². The summed E-state index contributed by atoms with van der Waals surface area (Å²) >= 11 is 0. The minimum Gasteiger partial charge on any atom is -0.312 e. The van der Waals surface area contributed by atoms with Crippen LogP contribution in [0.2, 0.25) is 0 Å². The van der Waals surface area contributed by atoms with Crippen molar-refractivity contribution in [2.24, 2.45) is 11.8 Å². The Morgan fingerprint density at radius 2 is 2.00 bits per heavy atom. The molecular formula is C20H23FN2O3S. The van der Waals surface area contributed by atoms with Crippen molar-refractivity contribution < 1.29 is 17.6 Å². The van der Waals surface area contributed by atoms with Crippen molar-refractivity contribution in [1.82, 2.24) is 0 Å². The van der Waals surface area contributed by atoms with Crippen LogP contribution >= 0.6 is 0 Å². The number of halogens is 1. The quantitative estimate of drug-likeness (QED) is 0.851. The Morgan fingerprint density at radius 3 is 2.74 bits per heavy atom. The van der Waals surface area contributed by atoms with Crippen molar-refractivity contribution in [3.8, 4) is 0 Å². The van der Waals surface area contributed by atoms with E-state index in [9.17, 15) is 17.6 Å². The summed E-state index contributed by atoms with van der Waals surface area (Å²) in [4.78, 5) is 14.7. The standard InChI is InChI=1S/C20H23FN2O3S/c1-14-10-16-6-3-4-9-19(16)23(12-14)20(24)15(2)13-27(25,26)22-18-8-5-7-17(21)11-18/h3-9,11,14-15,22H,10,12-13H2,1-2H3. The molecule has 0 bridgehead atoms. The van der Waals surface area contributed by atoms with Crippen LogP contribution in [0.3, 0.4) is 0 Å². The van der Waals surface area contributed by atoms with Crippen LogP contribution in [0.4, 0.5) is 15.8 Å². The Kier molecular flexibility index (Phi) is 5.51. The maximum absolute atomic E-state index is 13.3. The van der Waals surface area contributed by atoms with E-state index in [0.29, 0.717) is 12.5 Å². The summed E-state index contributed by atoms with van der Waals surface area (Å²) in [5.41, 5.74) is 2.09. The van der Waals surface area contributed by atoms with Gasteiger partial charge in [0.15, 0.2) is 0 Å². The number of fused-ring (bicyclic) bond motifs is 1. The summed E-state index contributed by atoms with van der Waals surface area (Å²) in [7, 11) is -3.79. The fourth-order valence-corrected chi connectivity index (χ4v) is 4.82. The number of sulfonamides is 1. The van der Waals surface area contributed by atoms with E-state index >= 15 is 0 Å². The van der Waals surface area contributed by atoms with Crippen LogP contribution in [-0.2, 0) is 21.2 Å². The topological polar surface area (TPSA) is 66.5 Å². The van der Waals surface area contributed by atoms with Gasteiger partial charge in [0, 0.05) is 12.2 Å². The number of para-hydroxylation sites is 1. The van der Waals surface area contributed by atoms with E-state index < -0.39 is 21.8 Å². The molecule has 0 aliphatic carbocycles. The number of carbonyl (C=O) groups is 1. The highest BCUT2D eigenvalue weighted by molar-refractivity contribution is 7.92. The zero-order valence-electron chi connectivity index (χ0n) is 15.4. The molecule has 1 aliphatic rings. The molecule has 5 nitrogen and oxygen atoms in total. The van der Waals surface area contributed by atoms with Crippen molar-refractivity contribution in [1.29, 1.82) is 0 Å². The Morgan fingerprint density at radius 1 is 1.26 bits per heavy atom. The highest BCUT2D eigenvalue weighted by atomic mass is 32.2. The predicted octanol–water partition coefficient (Wildman–Crippen LogP) is 3.43. The van der Waals surface area contributed by atoms with Crippen molar-refractivity contribution in [3.63, 3.8) is 0 Å². The number of amides is 1. The second-order valence-electron chi connectivity index (χ2n) is 7.18. The molecule has 1 N–H and O–H groups in total. The van der Waals surface area contributed by atoms with Crippen molar-refractivity contribution in [3.05, 3.63) is 59.9 Å². The fourth-order valence-electron chi connectivity index (χ4n) is 3.45. The fraction of sp³-hybridized carbons (Fsp3) is 0.350. The monoisotopic (exact) mass is 390 g/mol. The molecule has 7 heteroatoms. The molecule has 2 atom stereocenters. The van der Waals surface area contributed by atoms with Gasteiger partial charge in [-0.2, -0.15) is 0 Å². The van der Waals surface area contributed by atoms with Crippen molar-refractivity contribution >= 4 is 27.3 Å². The van der Waals surface area contributed by atoms with Crippen molar-refractivity contribution in [2.75, 3.05) is 21.9 Å². The predicted molar refractivity (Wildman–Crippen MR) is 105 cm³/mol. The first kappa shape index (κ1) is 19.4. The first-order chi connectivity index (χ1) is 12.7. The van der Waals surface area contributed by atoms with Crippen molar-refractivity contribution in [2.45, 2.75) is 20.3 Å². The average Bonchev–Trinajstić information content (AvgIpc) is 2.59. The molecular weight excluding hydrogens is 367 g/mol. The smallest absolute Gasteiger partial charge is 0.233 e. The number of nitrogens with zero attached hydrogens (tertiary/aromatic N) is 1. The molecule has 3 rings (SSSR count). The Balaban J connectivity index is 1.74. The molecule has 2 aromatic rings. The molecule has 1 heterocycles. The number of anilines is 2. The van der Waals surface area contributed by atoms with Crippen LogP contribution in [0.25, 0.3) is 0 Å². The van der Waals surface area contributed by atoms with Crippen LogP contribution in [0.1, 0.15) is 19.4 Å². The summed E-state index contributed by atoms with van der Waals surface area (Å²) in [6.07, 6.45) is 0.897. The van der Waals surface area contributed by atoms with E-state index in [2.05, 4.69) is 11.6 Å². The third-order valence-corrected chi connectivity index (χ3v) is 6.09. The number of carbonyl (C=O) groups excluding carboxylic acids is 1. The first-order valence-electron chi connectivity index (χ1n) is 8.90. The number of benzene rings is 2. The Bertz CT molecular complexity index is 946. The number of hydrogen-bond donors (Lipinski definition) is 1. The van der Waals surface area contributed by atoms with Crippen LogP contribution in [0.15, 0.2) is 48.5 Å². The lowest BCUT2D eigenvalue weighted by molar-refractivity contribution is -0.121. The third kappa shape index (κ3) is 4.66. The molecule has 1 amide bonds. The van der Waals surface area contributed by atoms with Gasteiger partial charge in [-0.1, -0.05) is 38.1 Å². The molecule has 0 aromatic heterocycles. The summed E-state index contributed by atoms with van der Waals surface area (Å²) in [5, 5.41) is 0. The van der Waals surface area contributed by atoms with Gasteiger partial charge in [0.05, 0.1) is 17.4 Å². The molecule has 0 fully saturated rings. The lowest BCUT2D eigenvalue weighted by Gasteiger charge is -2.34. The maximum atomic E-state index is 13.3. The van der Waals surface area contributed by atoms with Gasteiger partial charge in [0.25, 0.3) is 0 Å². The molecule has 0 spiro atoms. The van der Waals surface area contributed by atoms with E-state index in [1.165, 1.54) is 18.2 Å². The summed E-state index contributed by atoms with van der Waals surface area (Å²) in [6.45, 7) is 4.25. The molecule has 2 aromatic carbocycles. The van der Waals surface area contributed by atoms with Gasteiger partial charge >= 0.3 is 0 Å². The van der Waals surface area contributed by atoms with Gasteiger partial charge in [0.1, 0.15) is 5.82 Å². The molecule has 27 heavy (non-hydrogen) atoms. The van der Waals surface area contributed by atoms with Crippen LogP contribution < -0.4 is 9.62 Å². The Labute approximate surface area is 159 Å². The maximum Gasteiger partial charge on any atom is 0.233 e. The Hall–Kier alpha value is -2.41. The van der Waals surface area contributed by atoms with Gasteiger partial charge < -0.3 is 4.90 Å². The largest absolute Gasteiger partial charge is 0.312 e. The normalized spacial score (nSPS) is 17.9. The molecule has 144 valence electrons. The second kappa shape index (κ2) is 7.68. The van der Waals surface area contributed by atoms with E-state index in [1.807, 2.05) is 24.3 Å². The summed E-state index contributed by atoms with van der Waals surface area (Å²) < 4.78 is 40.4. The molecule has 0 radical (unpaired) electrons. The average molecular weight is 390 g/mol. The molecule has 2 unspecified atom stereocenters. The van der Waals surface area contributed by atoms with Crippen LogP contribution in [0.5, 0.6) is 0 Å². The van der Waals surface area contributed by atoms with E-state index in [-0.39, 0.29) is 17.3 Å². The summed E-state index contributed by atoms with van der Waals surface area (Å²) in [6, 6.07) is 12.9. The van der Waals surface area contributed by atoms with Gasteiger partial charge in [0.2, 0.25) is 15.9 Å². The number of rotatable bonds is 5. The number of hydrogen-bond acceptors (Lipinski definition) is 3. The summed E-state index contributed by atoms with van der Waals surface area (Å²) in [5.74, 6) is -1.54. The highest BCUT2D eigenvalue weighted by Gasteiger charge is 2.31. The second-order valence-corrected chi connectivity index (χ2v) is 8.95. The molecule has 0 saturated heterocycles. The zero-order chi connectivity index (χ0) is 19.6. The van der Waals surface area contributed by atoms with Gasteiger partial charge in [-0.3, -0.25) is 9.52 Å². The third-order valence-electron chi connectivity index (χ3n) is 4.60. The number of nitrogens with one attached hydrogen (secondary N) is 1. The van der Waals surface area contributed by atoms with Crippen LogP contribution in [0, 0.1) is 17.7 Å². The van der Waals surface area contributed by atoms with Crippen LogP contribution in [-0.4, -0.2) is 26.6 Å².